The zero-order valence-electron chi connectivity index (χ0n) is 22.6. The molecule has 8 heteroatoms. The summed E-state index contributed by atoms with van der Waals surface area (Å²) < 4.78 is 18.1. The third kappa shape index (κ3) is 5.10. The molecule has 7 nitrogen and oxygen atoms in total. The van der Waals surface area contributed by atoms with E-state index < -0.39 is 24.4 Å². The summed E-state index contributed by atoms with van der Waals surface area (Å²) in [5, 5.41) is 13.3. The van der Waals surface area contributed by atoms with Gasteiger partial charge in [-0.3, -0.25) is 4.79 Å². The first-order valence-corrected chi connectivity index (χ1v) is 13.0. The van der Waals surface area contributed by atoms with Crippen molar-refractivity contribution in [2.24, 2.45) is 0 Å². The van der Waals surface area contributed by atoms with Crippen molar-refractivity contribution in [3.63, 3.8) is 0 Å². The van der Waals surface area contributed by atoms with E-state index in [-0.39, 0.29) is 24.8 Å². The molecule has 0 radical (unpaired) electrons. The van der Waals surface area contributed by atoms with Gasteiger partial charge in [-0.25, -0.2) is 4.79 Å². The standard InChI is InChI=1S/C31H32BNO6/c1-30(2)31(3,4)39-32(38-30)21(16-26-20(18-34)10-9-15-28(26)35)17-33-29(36)37-19-27-24-13-7-5-11-22(24)23-12-6-8-14-25(23)27/h5-16,18,27,35H,17,19H2,1-4H3,(H,33,36). The number of phenols is 1. The number of fused-ring (bicyclic) bond motifs is 3. The Morgan fingerprint density at radius 1 is 0.949 bits per heavy atom. The maximum Gasteiger partial charge on any atom is 0.492 e. The highest BCUT2D eigenvalue weighted by Gasteiger charge is 2.52. The van der Waals surface area contributed by atoms with Gasteiger partial charge in [0.05, 0.1) is 11.2 Å². The van der Waals surface area contributed by atoms with Crippen LogP contribution in [-0.4, -0.2) is 49.0 Å². The molecule has 200 valence electrons. The number of phenolic OH excluding ortho intramolecular Hbond substituents is 1. The van der Waals surface area contributed by atoms with E-state index in [1.54, 1.807) is 18.2 Å². The van der Waals surface area contributed by atoms with Gasteiger partial charge in [0.25, 0.3) is 0 Å². The monoisotopic (exact) mass is 525 g/mol. The highest BCUT2D eigenvalue weighted by Crippen LogP contribution is 2.44. The van der Waals surface area contributed by atoms with Crippen LogP contribution in [0.25, 0.3) is 17.2 Å². The minimum Gasteiger partial charge on any atom is -0.507 e. The van der Waals surface area contributed by atoms with E-state index in [1.807, 2.05) is 52.0 Å². The minimum atomic E-state index is -0.803. The molecule has 0 unspecified atom stereocenters. The molecule has 0 aromatic heterocycles. The Morgan fingerprint density at radius 3 is 2.13 bits per heavy atom. The fourth-order valence-electron chi connectivity index (χ4n) is 5.04. The number of carbonyl (C=O) groups is 2. The first-order chi connectivity index (χ1) is 18.6. The van der Waals surface area contributed by atoms with Crippen molar-refractivity contribution in [3.8, 4) is 16.9 Å². The second kappa shape index (κ2) is 10.4. The Morgan fingerprint density at radius 2 is 1.54 bits per heavy atom. The fraction of sp³-hybridized carbons (Fsp3) is 0.290. The Hall–Kier alpha value is -3.88. The van der Waals surface area contributed by atoms with E-state index in [1.165, 1.54) is 6.07 Å². The number of hydrogen-bond donors (Lipinski definition) is 2. The molecule has 3 aromatic carbocycles. The number of hydrogen-bond acceptors (Lipinski definition) is 6. The van der Waals surface area contributed by atoms with Gasteiger partial charge in [-0.05, 0) is 61.5 Å². The van der Waals surface area contributed by atoms with Crippen LogP contribution in [0.2, 0.25) is 0 Å². The van der Waals surface area contributed by atoms with Crippen molar-refractivity contribution >= 4 is 25.6 Å². The lowest BCUT2D eigenvalue weighted by Gasteiger charge is -2.32. The molecule has 1 amide bonds. The molecule has 1 fully saturated rings. The predicted molar refractivity (Wildman–Crippen MR) is 151 cm³/mol. The Kier molecular flexibility index (Phi) is 7.10. The number of amides is 1. The van der Waals surface area contributed by atoms with Gasteiger partial charge < -0.3 is 24.5 Å². The number of ether oxygens (including phenoxy) is 1. The molecule has 1 saturated heterocycles. The number of alkyl carbamates (subject to hydrolysis) is 1. The lowest BCUT2D eigenvalue weighted by molar-refractivity contribution is 0.00578. The van der Waals surface area contributed by atoms with Crippen LogP contribution in [0.15, 0.2) is 72.2 Å². The Balaban J connectivity index is 1.34. The average molecular weight is 525 g/mol. The molecule has 1 aliphatic carbocycles. The molecule has 2 N–H and O–H groups in total. The van der Waals surface area contributed by atoms with Crippen LogP contribution in [0, 0.1) is 0 Å². The van der Waals surface area contributed by atoms with Crippen LogP contribution in [-0.2, 0) is 14.0 Å². The summed E-state index contributed by atoms with van der Waals surface area (Å²) >= 11 is 0. The summed E-state index contributed by atoms with van der Waals surface area (Å²) in [7, 11) is -0.803. The van der Waals surface area contributed by atoms with Crippen molar-refractivity contribution in [2.45, 2.75) is 44.8 Å². The van der Waals surface area contributed by atoms with Crippen LogP contribution in [0.5, 0.6) is 5.75 Å². The summed E-state index contributed by atoms with van der Waals surface area (Å²) in [5.41, 5.74) is 4.50. The van der Waals surface area contributed by atoms with Crippen molar-refractivity contribution in [2.75, 3.05) is 13.2 Å². The molecule has 0 spiro atoms. The van der Waals surface area contributed by atoms with Crippen LogP contribution < -0.4 is 5.32 Å². The van der Waals surface area contributed by atoms with Crippen LogP contribution in [0.4, 0.5) is 4.79 Å². The zero-order chi connectivity index (χ0) is 27.8. The van der Waals surface area contributed by atoms with E-state index >= 15 is 0 Å². The van der Waals surface area contributed by atoms with Crippen LogP contribution >= 0.6 is 0 Å². The normalized spacial score (nSPS) is 17.4. The maximum atomic E-state index is 12.9. The SMILES string of the molecule is CC1(C)OB(C(=Cc2c(O)cccc2C=O)CNC(=O)OCC2c3ccccc3-c3ccccc32)OC1(C)C. The van der Waals surface area contributed by atoms with Gasteiger partial charge in [0, 0.05) is 23.6 Å². The van der Waals surface area contributed by atoms with Crippen molar-refractivity contribution in [1.29, 1.82) is 0 Å². The van der Waals surface area contributed by atoms with Gasteiger partial charge >= 0.3 is 13.2 Å². The molecule has 0 saturated carbocycles. The molecule has 1 heterocycles. The summed E-state index contributed by atoms with van der Waals surface area (Å²) in [6.07, 6.45) is 1.71. The van der Waals surface area contributed by atoms with E-state index in [4.69, 9.17) is 14.0 Å². The lowest BCUT2D eigenvalue weighted by atomic mass is 9.76. The average Bonchev–Trinajstić information content (AvgIpc) is 3.34. The van der Waals surface area contributed by atoms with Gasteiger partial charge in [-0.2, -0.15) is 0 Å². The van der Waals surface area contributed by atoms with E-state index in [0.717, 1.165) is 22.3 Å². The summed E-state index contributed by atoms with van der Waals surface area (Å²) in [5.74, 6) is -0.118. The Bertz CT molecular complexity index is 1380. The summed E-state index contributed by atoms with van der Waals surface area (Å²) in [6, 6.07) is 21.0. The number of nitrogens with one attached hydrogen (secondary N) is 1. The number of carbonyl (C=O) groups excluding carboxylic acids is 2. The highest BCUT2D eigenvalue weighted by atomic mass is 16.7. The number of rotatable bonds is 7. The quantitative estimate of drug-likeness (QED) is 0.301. The number of aromatic hydroxyl groups is 1. The van der Waals surface area contributed by atoms with E-state index in [9.17, 15) is 14.7 Å². The third-order valence-corrected chi connectivity index (χ3v) is 7.91. The molecular formula is C31H32BNO6. The predicted octanol–water partition coefficient (Wildman–Crippen LogP) is 5.76. The lowest BCUT2D eigenvalue weighted by Crippen LogP contribution is -2.41. The third-order valence-electron chi connectivity index (χ3n) is 7.91. The van der Waals surface area contributed by atoms with Crippen molar-refractivity contribution in [1.82, 2.24) is 5.32 Å². The number of aldehydes is 1. The molecule has 0 atom stereocenters. The van der Waals surface area contributed by atoms with Crippen LogP contribution in [0.1, 0.15) is 60.7 Å². The second-order valence-electron chi connectivity index (χ2n) is 10.9. The number of benzene rings is 3. The maximum absolute atomic E-state index is 12.9. The van der Waals surface area contributed by atoms with Gasteiger partial charge in [-0.1, -0.05) is 66.7 Å². The molecule has 5 rings (SSSR count). The summed E-state index contributed by atoms with van der Waals surface area (Å²) in [6.45, 7) is 7.94. The second-order valence-corrected chi connectivity index (χ2v) is 10.9. The van der Waals surface area contributed by atoms with Crippen molar-refractivity contribution in [3.05, 3.63) is 94.5 Å². The fourth-order valence-corrected chi connectivity index (χ4v) is 5.04. The zero-order valence-corrected chi connectivity index (χ0v) is 22.6. The topological polar surface area (TPSA) is 94.1 Å². The smallest absolute Gasteiger partial charge is 0.492 e. The molecular weight excluding hydrogens is 493 g/mol. The first kappa shape index (κ1) is 26.7. The molecule has 3 aromatic rings. The van der Waals surface area contributed by atoms with Gasteiger partial charge in [-0.15, -0.1) is 0 Å². The summed E-state index contributed by atoms with van der Waals surface area (Å²) in [4.78, 5) is 24.5. The largest absolute Gasteiger partial charge is 0.507 e. The van der Waals surface area contributed by atoms with Gasteiger partial charge in [0.1, 0.15) is 12.4 Å². The van der Waals surface area contributed by atoms with E-state index in [2.05, 4.69) is 29.6 Å². The first-order valence-electron chi connectivity index (χ1n) is 13.0. The molecule has 2 aliphatic rings. The molecule has 0 bridgehead atoms. The molecule has 39 heavy (non-hydrogen) atoms. The highest BCUT2D eigenvalue weighted by molar-refractivity contribution is 6.56. The van der Waals surface area contributed by atoms with Crippen LogP contribution in [0.3, 0.4) is 0 Å². The van der Waals surface area contributed by atoms with Crippen molar-refractivity contribution < 1.29 is 28.7 Å². The van der Waals surface area contributed by atoms with E-state index in [0.29, 0.717) is 22.9 Å². The van der Waals surface area contributed by atoms with Gasteiger partial charge in [0.2, 0.25) is 0 Å². The molecule has 1 aliphatic heterocycles. The van der Waals surface area contributed by atoms with Gasteiger partial charge in [0.15, 0.2) is 6.29 Å². The Labute approximate surface area is 228 Å². The minimum absolute atomic E-state index is 0.0279.